The Kier molecular flexibility index (Phi) is 1.99. The van der Waals surface area contributed by atoms with Crippen LogP contribution >= 0.6 is 0 Å². The molecular formula is C10H12O. The Hall–Kier alpha value is -1.24. The number of rotatable bonds is 1. The molecule has 0 bridgehead atoms. The second kappa shape index (κ2) is 2.79. The molecule has 0 radical (unpaired) electrons. The predicted molar refractivity (Wildman–Crippen MR) is 47.6 cm³/mol. The van der Waals surface area contributed by atoms with Crippen LogP contribution in [-0.4, -0.2) is 5.11 Å². The summed E-state index contributed by atoms with van der Waals surface area (Å²) in [5.41, 5.74) is 2.63. The summed E-state index contributed by atoms with van der Waals surface area (Å²) in [7, 11) is 0. The molecular weight excluding hydrogens is 136 g/mol. The molecule has 0 amide bonds. The van der Waals surface area contributed by atoms with Gasteiger partial charge in [-0.3, -0.25) is 0 Å². The number of aromatic hydroxyl groups is 1. The molecule has 1 heteroatoms. The number of phenolic OH excluding ortho intramolecular Hbond substituents is 1. The van der Waals surface area contributed by atoms with E-state index in [1.807, 2.05) is 32.0 Å². The van der Waals surface area contributed by atoms with Crippen molar-refractivity contribution in [2.45, 2.75) is 13.8 Å². The molecule has 1 nitrogen and oxygen atoms in total. The van der Waals surface area contributed by atoms with Crippen LogP contribution in [0, 0.1) is 6.92 Å². The highest BCUT2D eigenvalue weighted by molar-refractivity contribution is 5.68. The standard InChI is InChI=1S/C10H12O/c1-7(2)9-6-4-5-8(3)10(9)11/h4-6,11H,1H2,2-3H3. The molecule has 0 aliphatic heterocycles. The van der Waals surface area contributed by atoms with Crippen LogP contribution in [0.1, 0.15) is 18.1 Å². The molecule has 1 aromatic rings. The van der Waals surface area contributed by atoms with E-state index in [0.717, 1.165) is 16.7 Å². The molecule has 0 saturated heterocycles. The average Bonchev–Trinajstić information content (AvgIpc) is 1.94. The molecule has 0 aliphatic rings. The first-order valence-corrected chi connectivity index (χ1v) is 3.57. The number of hydrogen-bond donors (Lipinski definition) is 1. The quantitative estimate of drug-likeness (QED) is 0.649. The number of phenols is 1. The first kappa shape index (κ1) is 7.86. The van der Waals surface area contributed by atoms with E-state index < -0.39 is 0 Å². The lowest BCUT2D eigenvalue weighted by Gasteiger charge is -2.04. The van der Waals surface area contributed by atoms with Crippen molar-refractivity contribution in [1.29, 1.82) is 0 Å². The lowest BCUT2D eigenvalue weighted by molar-refractivity contribution is 0.469. The smallest absolute Gasteiger partial charge is 0.125 e. The largest absolute Gasteiger partial charge is 0.507 e. The summed E-state index contributed by atoms with van der Waals surface area (Å²) < 4.78 is 0. The van der Waals surface area contributed by atoms with Crippen molar-refractivity contribution in [1.82, 2.24) is 0 Å². The van der Waals surface area contributed by atoms with Gasteiger partial charge >= 0.3 is 0 Å². The molecule has 1 rings (SSSR count). The van der Waals surface area contributed by atoms with E-state index in [1.165, 1.54) is 0 Å². The summed E-state index contributed by atoms with van der Waals surface area (Å²) in [4.78, 5) is 0. The van der Waals surface area contributed by atoms with Crippen LogP contribution in [0.2, 0.25) is 0 Å². The molecule has 0 fully saturated rings. The predicted octanol–water partition coefficient (Wildman–Crippen LogP) is 2.73. The summed E-state index contributed by atoms with van der Waals surface area (Å²) in [6.45, 7) is 7.53. The van der Waals surface area contributed by atoms with Crippen molar-refractivity contribution in [2.24, 2.45) is 0 Å². The van der Waals surface area contributed by atoms with Crippen molar-refractivity contribution in [3.8, 4) is 5.75 Å². The van der Waals surface area contributed by atoms with Gasteiger partial charge in [0.25, 0.3) is 0 Å². The monoisotopic (exact) mass is 148 g/mol. The highest BCUT2D eigenvalue weighted by atomic mass is 16.3. The normalized spacial score (nSPS) is 9.64. The lowest BCUT2D eigenvalue weighted by Crippen LogP contribution is -1.81. The van der Waals surface area contributed by atoms with Gasteiger partial charge in [-0.15, -0.1) is 0 Å². The Morgan fingerprint density at radius 3 is 2.55 bits per heavy atom. The van der Waals surface area contributed by atoms with Crippen LogP contribution in [0.3, 0.4) is 0 Å². The Bertz CT molecular complexity index is 287. The fourth-order valence-electron chi connectivity index (χ4n) is 1.00. The number of aryl methyl sites for hydroxylation is 1. The maximum Gasteiger partial charge on any atom is 0.125 e. The summed E-state index contributed by atoms with van der Waals surface area (Å²) in [6, 6.07) is 5.66. The molecule has 0 saturated carbocycles. The Morgan fingerprint density at radius 2 is 2.09 bits per heavy atom. The summed E-state index contributed by atoms with van der Waals surface area (Å²) in [5.74, 6) is 0.347. The third-order valence-corrected chi connectivity index (χ3v) is 1.70. The minimum atomic E-state index is 0.347. The maximum atomic E-state index is 9.51. The zero-order chi connectivity index (χ0) is 8.43. The molecule has 0 aromatic heterocycles. The highest BCUT2D eigenvalue weighted by Gasteiger charge is 2.02. The minimum Gasteiger partial charge on any atom is -0.507 e. The fourth-order valence-corrected chi connectivity index (χ4v) is 1.00. The van der Waals surface area contributed by atoms with Crippen LogP contribution in [0.5, 0.6) is 5.75 Å². The van der Waals surface area contributed by atoms with Crippen LogP contribution in [-0.2, 0) is 0 Å². The topological polar surface area (TPSA) is 20.2 Å². The zero-order valence-electron chi connectivity index (χ0n) is 6.89. The van der Waals surface area contributed by atoms with Crippen LogP contribution in [0.4, 0.5) is 0 Å². The Labute approximate surface area is 67.0 Å². The van der Waals surface area contributed by atoms with E-state index in [9.17, 15) is 5.11 Å². The number of hydrogen-bond acceptors (Lipinski definition) is 1. The maximum absolute atomic E-state index is 9.51. The van der Waals surface area contributed by atoms with Crippen molar-refractivity contribution in [3.05, 3.63) is 35.9 Å². The van der Waals surface area contributed by atoms with Gasteiger partial charge in [-0.25, -0.2) is 0 Å². The van der Waals surface area contributed by atoms with Crippen molar-refractivity contribution >= 4 is 5.57 Å². The van der Waals surface area contributed by atoms with E-state index >= 15 is 0 Å². The average molecular weight is 148 g/mol. The fraction of sp³-hybridized carbons (Fsp3) is 0.200. The van der Waals surface area contributed by atoms with Crippen LogP contribution < -0.4 is 0 Å². The molecule has 0 atom stereocenters. The molecule has 0 unspecified atom stereocenters. The van der Waals surface area contributed by atoms with Crippen molar-refractivity contribution in [3.63, 3.8) is 0 Å². The Morgan fingerprint density at radius 1 is 1.45 bits per heavy atom. The zero-order valence-corrected chi connectivity index (χ0v) is 6.89. The molecule has 58 valence electrons. The minimum absolute atomic E-state index is 0.347. The van der Waals surface area contributed by atoms with Gasteiger partial charge in [0.1, 0.15) is 5.75 Å². The Balaban J connectivity index is 3.27. The SMILES string of the molecule is C=C(C)c1cccc(C)c1O. The van der Waals surface area contributed by atoms with E-state index in [4.69, 9.17) is 0 Å². The van der Waals surface area contributed by atoms with Gasteiger partial charge in [0.2, 0.25) is 0 Å². The molecule has 1 aromatic carbocycles. The first-order valence-electron chi connectivity index (χ1n) is 3.57. The van der Waals surface area contributed by atoms with E-state index in [-0.39, 0.29) is 0 Å². The van der Waals surface area contributed by atoms with E-state index in [0.29, 0.717) is 5.75 Å². The molecule has 11 heavy (non-hydrogen) atoms. The van der Waals surface area contributed by atoms with E-state index in [2.05, 4.69) is 6.58 Å². The molecule has 1 N–H and O–H groups in total. The van der Waals surface area contributed by atoms with Gasteiger partial charge in [-0.2, -0.15) is 0 Å². The summed E-state index contributed by atoms with van der Waals surface area (Å²) >= 11 is 0. The van der Waals surface area contributed by atoms with Crippen LogP contribution in [0.25, 0.3) is 5.57 Å². The van der Waals surface area contributed by atoms with E-state index in [1.54, 1.807) is 0 Å². The number of allylic oxidation sites excluding steroid dienone is 1. The third-order valence-electron chi connectivity index (χ3n) is 1.70. The second-order valence-corrected chi connectivity index (χ2v) is 2.75. The molecule has 0 heterocycles. The summed E-state index contributed by atoms with van der Waals surface area (Å²) in [5, 5.41) is 9.51. The van der Waals surface area contributed by atoms with Crippen molar-refractivity contribution in [2.75, 3.05) is 0 Å². The third kappa shape index (κ3) is 1.43. The van der Waals surface area contributed by atoms with Gasteiger partial charge in [0.05, 0.1) is 0 Å². The van der Waals surface area contributed by atoms with Gasteiger partial charge in [-0.05, 0) is 25.0 Å². The van der Waals surface area contributed by atoms with Crippen LogP contribution in [0.15, 0.2) is 24.8 Å². The van der Waals surface area contributed by atoms with Gasteiger partial charge in [-0.1, -0.05) is 24.8 Å². The van der Waals surface area contributed by atoms with Gasteiger partial charge < -0.3 is 5.11 Å². The van der Waals surface area contributed by atoms with Gasteiger partial charge in [0, 0.05) is 5.56 Å². The molecule has 0 spiro atoms. The summed E-state index contributed by atoms with van der Waals surface area (Å²) in [6.07, 6.45) is 0. The van der Waals surface area contributed by atoms with Gasteiger partial charge in [0.15, 0.2) is 0 Å². The molecule has 0 aliphatic carbocycles. The number of benzene rings is 1. The number of para-hydroxylation sites is 1. The highest BCUT2D eigenvalue weighted by Crippen LogP contribution is 2.26. The lowest BCUT2D eigenvalue weighted by atomic mass is 10.0. The van der Waals surface area contributed by atoms with Crippen molar-refractivity contribution < 1.29 is 5.11 Å². The first-order chi connectivity index (χ1) is 5.13. The second-order valence-electron chi connectivity index (χ2n) is 2.75.